The standard InChI is InChI=1S/C32H31N5O2/c1-20-13-15-21(16-14-20)37-29(19-28(36-37)32(2,3)4)35-31(39)34-27-18-17-24(22-9-5-7-11-25(22)27)23-10-6-8-12-26(23)30(33)38/h5-19H,1-4H3,(H2,33,38)(H2,34,35,39). The molecule has 0 saturated carbocycles. The molecule has 4 aromatic carbocycles. The number of nitrogens with zero attached hydrogens (tertiary/aromatic N) is 2. The highest BCUT2D eigenvalue weighted by Crippen LogP contribution is 2.35. The smallest absolute Gasteiger partial charge is 0.324 e. The number of anilines is 2. The highest BCUT2D eigenvalue weighted by Gasteiger charge is 2.22. The molecule has 0 spiro atoms. The number of amides is 3. The number of aryl methyl sites for hydroxylation is 1. The van der Waals surface area contributed by atoms with Gasteiger partial charge < -0.3 is 11.1 Å². The lowest BCUT2D eigenvalue weighted by atomic mass is 9.92. The zero-order valence-corrected chi connectivity index (χ0v) is 22.4. The molecule has 0 unspecified atom stereocenters. The molecule has 1 aromatic heterocycles. The molecule has 0 atom stereocenters. The van der Waals surface area contributed by atoms with Crippen LogP contribution in [0.25, 0.3) is 27.6 Å². The van der Waals surface area contributed by atoms with Crippen LogP contribution in [-0.4, -0.2) is 21.7 Å². The normalized spacial score (nSPS) is 11.4. The molecule has 0 saturated heterocycles. The Hall–Kier alpha value is -4.91. The summed E-state index contributed by atoms with van der Waals surface area (Å²) >= 11 is 0. The Kier molecular flexibility index (Phi) is 6.66. The largest absolute Gasteiger partial charge is 0.366 e. The predicted molar refractivity (Wildman–Crippen MR) is 158 cm³/mol. The number of nitrogens with one attached hydrogen (secondary N) is 2. The quantitative estimate of drug-likeness (QED) is 0.233. The third-order valence-corrected chi connectivity index (χ3v) is 6.65. The van der Waals surface area contributed by atoms with Crippen LogP contribution in [0, 0.1) is 6.92 Å². The van der Waals surface area contributed by atoms with Crippen LogP contribution in [0.4, 0.5) is 16.3 Å². The van der Waals surface area contributed by atoms with E-state index in [4.69, 9.17) is 10.8 Å². The SMILES string of the molecule is Cc1ccc(-n2nc(C(C)(C)C)cc2NC(=O)Nc2ccc(-c3ccccc3C(N)=O)c3ccccc23)cc1. The van der Waals surface area contributed by atoms with Crippen LogP contribution in [0.3, 0.4) is 0 Å². The highest BCUT2D eigenvalue weighted by atomic mass is 16.2. The fourth-order valence-corrected chi connectivity index (χ4v) is 4.57. The maximum absolute atomic E-state index is 13.3. The first-order valence-electron chi connectivity index (χ1n) is 12.8. The van der Waals surface area contributed by atoms with Crippen molar-refractivity contribution in [3.63, 3.8) is 0 Å². The van der Waals surface area contributed by atoms with Crippen molar-refractivity contribution in [2.75, 3.05) is 10.6 Å². The van der Waals surface area contributed by atoms with Crippen LogP contribution in [-0.2, 0) is 5.41 Å². The fraction of sp³-hybridized carbons (Fsp3) is 0.156. The molecule has 3 amide bonds. The van der Waals surface area contributed by atoms with Crippen molar-refractivity contribution in [2.45, 2.75) is 33.1 Å². The monoisotopic (exact) mass is 517 g/mol. The molecule has 7 nitrogen and oxygen atoms in total. The van der Waals surface area contributed by atoms with Gasteiger partial charge in [0, 0.05) is 22.4 Å². The zero-order chi connectivity index (χ0) is 27.7. The number of hydrogen-bond acceptors (Lipinski definition) is 3. The molecule has 0 fully saturated rings. The number of carbonyl (C=O) groups is 2. The molecule has 5 rings (SSSR count). The Bertz CT molecular complexity index is 1690. The molecule has 7 heteroatoms. The van der Waals surface area contributed by atoms with E-state index in [2.05, 4.69) is 31.4 Å². The summed E-state index contributed by atoms with van der Waals surface area (Å²) in [5, 5.41) is 12.5. The number of nitrogens with two attached hydrogens (primary N) is 1. The second-order valence-corrected chi connectivity index (χ2v) is 10.6. The number of rotatable bonds is 5. The van der Waals surface area contributed by atoms with Gasteiger partial charge in [0.2, 0.25) is 5.91 Å². The van der Waals surface area contributed by atoms with E-state index in [0.717, 1.165) is 38.8 Å². The summed E-state index contributed by atoms with van der Waals surface area (Å²) < 4.78 is 1.75. The zero-order valence-electron chi connectivity index (χ0n) is 22.4. The Labute approximate surface area is 227 Å². The number of fused-ring (bicyclic) bond motifs is 1. The first kappa shape index (κ1) is 25.7. The topological polar surface area (TPSA) is 102 Å². The molecule has 196 valence electrons. The van der Waals surface area contributed by atoms with Crippen molar-refractivity contribution >= 4 is 34.2 Å². The average Bonchev–Trinajstić information content (AvgIpc) is 3.33. The van der Waals surface area contributed by atoms with Crippen LogP contribution < -0.4 is 16.4 Å². The fourth-order valence-electron chi connectivity index (χ4n) is 4.57. The van der Waals surface area contributed by atoms with E-state index in [-0.39, 0.29) is 11.4 Å². The van der Waals surface area contributed by atoms with Gasteiger partial charge in [-0.25, -0.2) is 9.48 Å². The van der Waals surface area contributed by atoms with Gasteiger partial charge in [-0.3, -0.25) is 10.1 Å². The van der Waals surface area contributed by atoms with Gasteiger partial charge >= 0.3 is 6.03 Å². The summed E-state index contributed by atoms with van der Waals surface area (Å²) in [6, 6.07) is 28.2. The number of hydrogen-bond donors (Lipinski definition) is 3. The van der Waals surface area contributed by atoms with Crippen LogP contribution in [0.2, 0.25) is 0 Å². The van der Waals surface area contributed by atoms with Gasteiger partial charge in [0.05, 0.1) is 17.1 Å². The molecule has 0 aliphatic heterocycles. The summed E-state index contributed by atoms with van der Waals surface area (Å²) in [6.07, 6.45) is 0. The van der Waals surface area contributed by atoms with Gasteiger partial charge in [0.15, 0.2) is 0 Å². The van der Waals surface area contributed by atoms with E-state index in [1.165, 1.54) is 0 Å². The second kappa shape index (κ2) is 10.1. The average molecular weight is 518 g/mol. The van der Waals surface area contributed by atoms with Crippen molar-refractivity contribution in [1.82, 2.24) is 9.78 Å². The van der Waals surface area contributed by atoms with Crippen LogP contribution in [0.1, 0.15) is 42.4 Å². The Balaban J connectivity index is 1.49. The van der Waals surface area contributed by atoms with Crippen molar-refractivity contribution in [3.05, 3.63) is 108 Å². The Morgan fingerprint density at radius 1 is 0.795 bits per heavy atom. The van der Waals surface area contributed by atoms with Gasteiger partial charge in [-0.05, 0) is 47.7 Å². The van der Waals surface area contributed by atoms with E-state index in [0.29, 0.717) is 17.1 Å². The molecule has 0 aliphatic rings. The summed E-state index contributed by atoms with van der Waals surface area (Å²) in [4.78, 5) is 25.4. The van der Waals surface area contributed by atoms with E-state index < -0.39 is 5.91 Å². The lowest BCUT2D eigenvalue weighted by Gasteiger charge is -2.15. The second-order valence-electron chi connectivity index (χ2n) is 10.6. The number of urea groups is 1. The lowest BCUT2D eigenvalue weighted by Crippen LogP contribution is -2.21. The number of primary amides is 1. The molecule has 1 heterocycles. The third kappa shape index (κ3) is 5.25. The van der Waals surface area contributed by atoms with Crippen molar-refractivity contribution in [2.24, 2.45) is 5.73 Å². The minimum atomic E-state index is -0.490. The van der Waals surface area contributed by atoms with E-state index in [1.54, 1.807) is 16.8 Å². The molecule has 39 heavy (non-hydrogen) atoms. The van der Waals surface area contributed by atoms with E-state index in [9.17, 15) is 9.59 Å². The summed E-state index contributed by atoms with van der Waals surface area (Å²) in [5.41, 5.74) is 11.0. The van der Waals surface area contributed by atoms with Crippen molar-refractivity contribution < 1.29 is 9.59 Å². The predicted octanol–water partition coefficient (Wildman–Crippen LogP) is 7.04. The molecular weight excluding hydrogens is 486 g/mol. The number of carbonyl (C=O) groups excluding carboxylic acids is 2. The van der Waals surface area contributed by atoms with Gasteiger partial charge in [-0.1, -0.05) is 87.0 Å². The molecule has 0 aliphatic carbocycles. The van der Waals surface area contributed by atoms with Gasteiger partial charge in [-0.2, -0.15) is 5.10 Å². The summed E-state index contributed by atoms with van der Waals surface area (Å²) in [5.74, 6) is 0.0775. The van der Waals surface area contributed by atoms with Gasteiger partial charge in [0.25, 0.3) is 0 Å². The maximum atomic E-state index is 13.3. The van der Waals surface area contributed by atoms with Gasteiger partial charge in [-0.15, -0.1) is 0 Å². The number of aromatic nitrogens is 2. The maximum Gasteiger partial charge on any atom is 0.324 e. The number of benzene rings is 4. The Morgan fingerprint density at radius 2 is 1.46 bits per heavy atom. The first-order valence-corrected chi connectivity index (χ1v) is 12.8. The van der Waals surface area contributed by atoms with E-state index in [1.807, 2.05) is 85.8 Å². The molecule has 0 bridgehead atoms. The molecule has 5 aromatic rings. The minimum Gasteiger partial charge on any atom is -0.366 e. The lowest BCUT2D eigenvalue weighted by molar-refractivity contribution is 0.100. The van der Waals surface area contributed by atoms with Crippen molar-refractivity contribution in [3.8, 4) is 16.8 Å². The van der Waals surface area contributed by atoms with Crippen LogP contribution >= 0.6 is 0 Å². The highest BCUT2D eigenvalue weighted by molar-refractivity contribution is 6.11. The molecular formula is C32H31N5O2. The first-order chi connectivity index (χ1) is 18.6. The van der Waals surface area contributed by atoms with Crippen LogP contribution in [0.15, 0.2) is 91.0 Å². The summed E-state index contributed by atoms with van der Waals surface area (Å²) in [6.45, 7) is 8.29. The van der Waals surface area contributed by atoms with E-state index >= 15 is 0 Å². The Morgan fingerprint density at radius 3 is 2.15 bits per heavy atom. The third-order valence-electron chi connectivity index (χ3n) is 6.65. The molecule has 4 N–H and O–H groups in total. The van der Waals surface area contributed by atoms with Crippen molar-refractivity contribution in [1.29, 1.82) is 0 Å². The minimum absolute atomic E-state index is 0.198. The molecule has 0 radical (unpaired) electrons. The summed E-state index contributed by atoms with van der Waals surface area (Å²) in [7, 11) is 0. The van der Waals surface area contributed by atoms with Crippen LogP contribution in [0.5, 0.6) is 0 Å². The van der Waals surface area contributed by atoms with Gasteiger partial charge in [0.1, 0.15) is 5.82 Å².